The van der Waals surface area contributed by atoms with Crippen LogP contribution < -0.4 is 19.6 Å². The van der Waals surface area contributed by atoms with Crippen LogP contribution in [0.4, 0.5) is 0 Å². The fourth-order valence-electron chi connectivity index (χ4n) is 4.40. The maximum Gasteiger partial charge on any atom is 0.343 e. The lowest BCUT2D eigenvalue weighted by atomic mass is 9.96. The highest BCUT2D eigenvalue weighted by atomic mass is 35.5. The largest absolute Gasteiger partial charge is 0.450 e. The lowest BCUT2D eigenvalue weighted by Gasteiger charge is -2.24. The topological polar surface area (TPSA) is 73.8 Å². The normalized spacial score (nSPS) is 15.1. The van der Waals surface area contributed by atoms with Gasteiger partial charge in [-0.05, 0) is 61.0 Å². The molecule has 2 aromatic heterocycles. The number of aromatic nitrogens is 1. The van der Waals surface area contributed by atoms with Gasteiger partial charge in [-0.1, -0.05) is 83.2 Å². The van der Waals surface area contributed by atoms with Crippen LogP contribution in [0, 0.1) is 0 Å². The first-order valence-corrected chi connectivity index (χ1v) is 14.4. The lowest BCUT2D eigenvalue weighted by molar-refractivity contribution is -0.130. The second-order valence-electron chi connectivity index (χ2n) is 8.91. The molecule has 3 aromatic carbocycles. The highest BCUT2D eigenvalue weighted by molar-refractivity contribution is 7.99. The van der Waals surface area contributed by atoms with Crippen LogP contribution in [0.25, 0.3) is 6.08 Å². The molecule has 198 valence electrons. The number of carbonyl (C=O) groups is 1. The summed E-state index contributed by atoms with van der Waals surface area (Å²) in [5.74, 6) is 0.407. The third-order valence-electron chi connectivity index (χ3n) is 6.22. The van der Waals surface area contributed by atoms with Crippen molar-refractivity contribution >= 4 is 46.7 Å². The zero-order valence-corrected chi connectivity index (χ0v) is 23.5. The van der Waals surface area contributed by atoms with Crippen LogP contribution >= 0.6 is 34.7 Å². The molecule has 6 rings (SSSR count). The van der Waals surface area contributed by atoms with E-state index in [1.54, 1.807) is 41.8 Å². The number of nitrogens with zero attached hydrogens (tertiary/aromatic N) is 2. The number of esters is 1. The van der Waals surface area contributed by atoms with Gasteiger partial charge < -0.3 is 9.15 Å². The van der Waals surface area contributed by atoms with Gasteiger partial charge in [0.2, 0.25) is 0 Å². The fourth-order valence-corrected chi connectivity index (χ4v) is 6.33. The highest BCUT2D eigenvalue weighted by Crippen LogP contribution is 2.32. The van der Waals surface area contributed by atoms with Crippen LogP contribution in [0.5, 0.6) is 5.75 Å². The summed E-state index contributed by atoms with van der Waals surface area (Å²) in [5.41, 5.74) is 1.33. The molecule has 1 atom stereocenters. The van der Waals surface area contributed by atoms with Gasteiger partial charge >= 0.3 is 5.97 Å². The van der Waals surface area contributed by atoms with Crippen LogP contribution in [-0.2, 0) is 4.79 Å². The number of thiazole rings is 1. The predicted octanol–water partition coefficient (Wildman–Crippen LogP) is 6.24. The van der Waals surface area contributed by atoms with E-state index in [1.165, 1.54) is 23.1 Å². The van der Waals surface area contributed by atoms with Crippen molar-refractivity contribution in [2.45, 2.75) is 23.0 Å². The van der Waals surface area contributed by atoms with Crippen molar-refractivity contribution in [3.63, 3.8) is 0 Å². The van der Waals surface area contributed by atoms with Crippen molar-refractivity contribution in [2.75, 3.05) is 0 Å². The number of benzene rings is 3. The summed E-state index contributed by atoms with van der Waals surface area (Å²) in [6.45, 7) is 1.77. The quantitative estimate of drug-likeness (QED) is 0.174. The zero-order chi connectivity index (χ0) is 27.6. The van der Waals surface area contributed by atoms with Gasteiger partial charge in [-0.3, -0.25) is 9.36 Å². The molecule has 0 aliphatic carbocycles. The molecule has 0 fully saturated rings. The standard InChI is InChI=1S/C31H21ClN2O4S2/c1-19-27(30(36)38-22-10-6-3-7-11-22)28(20-8-4-2-5-9-20)34-29(35)25(40-31(34)33-19)18-23-14-17-26(37-23)39-24-15-12-21(32)13-16-24/h2-18,28H,1H3/b25-18+/t28-/m1/s1. The van der Waals surface area contributed by atoms with E-state index in [0.717, 1.165) is 10.5 Å². The number of hydrogen-bond donors (Lipinski definition) is 0. The van der Waals surface area contributed by atoms with E-state index in [0.29, 0.717) is 42.2 Å². The van der Waals surface area contributed by atoms with E-state index in [9.17, 15) is 9.59 Å². The summed E-state index contributed by atoms with van der Waals surface area (Å²) in [5, 5.41) is 1.35. The summed E-state index contributed by atoms with van der Waals surface area (Å²) in [6, 6.07) is 28.8. The Morgan fingerprint density at radius 3 is 2.42 bits per heavy atom. The molecule has 0 unspecified atom stereocenters. The molecule has 40 heavy (non-hydrogen) atoms. The first-order chi connectivity index (χ1) is 19.5. The Morgan fingerprint density at radius 2 is 1.70 bits per heavy atom. The lowest BCUT2D eigenvalue weighted by Crippen LogP contribution is -2.40. The number of para-hydroxylation sites is 1. The molecule has 5 aromatic rings. The van der Waals surface area contributed by atoms with Crippen molar-refractivity contribution in [2.24, 2.45) is 4.99 Å². The van der Waals surface area contributed by atoms with E-state index in [1.807, 2.05) is 72.8 Å². The van der Waals surface area contributed by atoms with Gasteiger partial charge in [-0.25, -0.2) is 9.79 Å². The van der Waals surface area contributed by atoms with Crippen LogP contribution in [0.3, 0.4) is 0 Å². The van der Waals surface area contributed by atoms with Gasteiger partial charge in [0.1, 0.15) is 11.5 Å². The first-order valence-electron chi connectivity index (χ1n) is 12.3. The van der Waals surface area contributed by atoms with Gasteiger partial charge in [0.05, 0.1) is 21.8 Å². The number of ether oxygens (including phenoxy) is 1. The molecular weight excluding hydrogens is 564 g/mol. The van der Waals surface area contributed by atoms with Crippen molar-refractivity contribution < 1.29 is 13.9 Å². The second kappa shape index (κ2) is 11.2. The predicted molar refractivity (Wildman–Crippen MR) is 157 cm³/mol. The van der Waals surface area contributed by atoms with E-state index < -0.39 is 12.0 Å². The minimum Gasteiger partial charge on any atom is -0.450 e. The number of halogens is 1. The maximum absolute atomic E-state index is 13.8. The Labute approximate surface area is 242 Å². The molecule has 3 heterocycles. The summed E-state index contributed by atoms with van der Waals surface area (Å²) in [4.78, 5) is 33.4. The third kappa shape index (κ3) is 5.34. The molecule has 0 amide bonds. The highest BCUT2D eigenvalue weighted by Gasteiger charge is 2.33. The Kier molecular flexibility index (Phi) is 7.30. The van der Waals surface area contributed by atoms with Gasteiger partial charge in [0.15, 0.2) is 9.89 Å². The van der Waals surface area contributed by atoms with Gasteiger partial charge in [0.25, 0.3) is 5.56 Å². The summed E-state index contributed by atoms with van der Waals surface area (Å²) >= 11 is 8.70. The van der Waals surface area contributed by atoms with Crippen LogP contribution in [-0.4, -0.2) is 10.5 Å². The Morgan fingerprint density at radius 1 is 1.00 bits per heavy atom. The molecule has 0 saturated heterocycles. The number of furan rings is 1. The molecule has 0 radical (unpaired) electrons. The van der Waals surface area contributed by atoms with Gasteiger partial charge in [-0.2, -0.15) is 0 Å². The molecule has 0 N–H and O–H groups in total. The number of carbonyl (C=O) groups excluding carboxylic acids is 1. The molecule has 1 aliphatic heterocycles. The van der Waals surface area contributed by atoms with Crippen LogP contribution in [0.15, 0.2) is 133 Å². The van der Waals surface area contributed by atoms with E-state index in [-0.39, 0.29) is 5.56 Å². The molecule has 6 nitrogen and oxygen atoms in total. The third-order valence-corrected chi connectivity index (χ3v) is 8.38. The van der Waals surface area contributed by atoms with E-state index in [4.69, 9.17) is 20.8 Å². The van der Waals surface area contributed by atoms with Gasteiger partial charge in [0, 0.05) is 16.0 Å². The maximum atomic E-state index is 13.8. The summed E-state index contributed by atoms with van der Waals surface area (Å²) in [6.07, 6.45) is 1.71. The Bertz CT molecular complexity index is 1910. The molecule has 9 heteroatoms. The number of hydrogen-bond acceptors (Lipinski definition) is 7. The number of rotatable bonds is 6. The minimum atomic E-state index is -0.691. The van der Waals surface area contributed by atoms with E-state index in [2.05, 4.69) is 4.99 Å². The van der Waals surface area contributed by atoms with E-state index >= 15 is 0 Å². The smallest absolute Gasteiger partial charge is 0.343 e. The molecule has 1 aliphatic rings. The molecule has 0 bridgehead atoms. The molecular formula is C31H21ClN2O4S2. The van der Waals surface area contributed by atoms with Crippen LogP contribution in [0.2, 0.25) is 5.02 Å². The van der Waals surface area contributed by atoms with Crippen molar-refractivity contribution in [3.8, 4) is 5.75 Å². The second-order valence-corrected chi connectivity index (χ2v) is 11.4. The Balaban J connectivity index is 1.39. The summed E-state index contributed by atoms with van der Waals surface area (Å²) in [7, 11) is 0. The fraction of sp³-hybridized carbons (Fsp3) is 0.0645. The molecule has 0 saturated carbocycles. The first kappa shape index (κ1) is 26.1. The monoisotopic (exact) mass is 584 g/mol. The Hall–Kier alpha value is -4.11. The van der Waals surface area contributed by atoms with Gasteiger partial charge in [-0.15, -0.1) is 0 Å². The number of allylic oxidation sites excluding steroid dienone is 1. The minimum absolute atomic E-state index is 0.265. The zero-order valence-electron chi connectivity index (χ0n) is 21.1. The number of fused-ring (bicyclic) bond motifs is 1. The van der Waals surface area contributed by atoms with Crippen molar-refractivity contribution in [1.29, 1.82) is 0 Å². The SMILES string of the molecule is CC1=C(C(=O)Oc2ccccc2)[C@@H](c2ccccc2)n2c(s/c(=C/c3ccc(Sc4ccc(Cl)cc4)o3)c2=O)=N1. The average molecular weight is 585 g/mol. The van der Waals surface area contributed by atoms with Crippen molar-refractivity contribution in [3.05, 3.63) is 144 Å². The summed E-state index contributed by atoms with van der Waals surface area (Å²) < 4.78 is 13.7. The molecule has 0 spiro atoms. The van der Waals surface area contributed by atoms with Crippen molar-refractivity contribution in [1.82, 2.24) is 4.57 Å². The average Bonchev–Trinajstić information content (AvgIpc) is 3.53. The van der Waals surface area contributed by atoms with Crippen LogP contribution in [0.1, 0.15) is 24.3 Å².